The molecule has 8 nitrogen and oxygen atoms in total. The molecule has 0 aliphatic heterocycles. The molecular weight excluding hydrogens is 270 g/mol. The lowest BCUT2D eigenvalue weighted by Crippen LogP contribution is -2.40. The molecular formula is C10H15N5O3S. The minimum Gasteiger partial charge on any atom is -0.383 e. The third kappa shape index (κ3) is 5.91. The first-order valence-corrected chi connectivity index (χ1v) is 6.57. The van der Waals surface area contributed by atoms with Crippen LogP contribution in [0.1, 0.15) is 13.3 Å². The van der Waals surface area contributed by atoms with Crippen molar-refractivity contribution in [1.29, 1.82) is 0 Å². The molecule has 1 rings (SSSR count). The van der Waals surface area contributed by atoms with Gasteiger partial charge < -0.3 is 16.0 Å². The van der Waals surface area contributed by atoms with Crippen molar-refractivity contribution in [2.45, 2.75) is 18.5 Å². The highest BCUT2D eigenvalue weighted by Crippen LogP contribution is 2.10. The van der Waals surface area contributed by atoms with Crippen LogP contribution < -0.4 is 21.9 Å². The molecule has 0 aliphatic carbocycles. The van der Waals surface area contributed by atoms with E-state index in [-0.39, 0.29) is 16.7 Å². The Labute approximate surface area is 113 Å². The zero-order valence-electron chi connectivity index (χ0n) is 10.4. The van der Waals surface area contributed by atoms with Crippen LogP contribution in [-0.4, -0.2) is 34.2 Å². The van der Waals surface area contributed by atoms with Gasteiger partial charge in [0.25, 0.3) is 5.56 Å². The van der Waals surface area contributed by atoms with Crippen LogP contribution in [0.25, 0.3) is 0 Å². The molecule has 5 N–H and O–H groups in total. The molecule has 0 unspecified atom stereocenters. The van der Waals surface area contributed by atoms with E-state index in [1.54, 1.807) is 0 Å². The molecule has 0 spiro atoms. The number of nitrogens with zero attached hydrogens (tertiary/aromatic N) is 1. The van der Waals surface area contributed by atoms with Gasteiger partial charge in [0.1, 0.15) is 5.82 Å². The summed E-state index contributed by atoms with van der Waals surface area (Å²) in [5, 5.41) is 4.89. The standard InChI is InChI=1S/C10H15N5O3S/c1-2-3-12-9(18)14-8(17)5-19-10-13-6(11)4-7(16)15-10/h4H,2-3,5H2,1H3,(H3,11,13,15,16)(H2,12,14,17,18). The van der Waals surface area contributed by atoms with Crippen molar-refractivity contribution in [3.05, 3.63) is 16.4 Å². The van der Waals surface area contributed by atoms with Gasteiger partial charge in [-0.25, -0.2) is 9.78 Å². The number of nitrogen functional groups attached to an aromatic ring is 1. The SMILES string of the molecule is CCCNC(=O)NC(=O)CSc1nc(N)cc(=O)[nH]1. The molecule has 9 heteroatoms. The largest absolute Gasteiger partial charge is 0.383 e. The first-order valence-electron chi connectivity index (χ1n) is 5.58. The van der Waals surface area contributed by atoms with Gasteiger partial charge in [0.05, 0.1) is 5.75 Å². The van der Waals surface area contributed by atoms with Crippen LogP contribution in [0.4, 0.5) is 10.6 Å². The monoisotopic (exact) mass is 285 g/mol. The van der Waals surface area contributed by atoms with Crippen LogP contribution >= 0.6 is 11.8 Å². The molecule has 0 bridgehead atoms. The Bertz CT molecular complexity index is 516. The fraction of sp³-hybridized carbons (Fsp3) is 0.400. The quantitative estimate of drug-likeness (QED) is 0.433. The maximum atomic E-state index is 11.4. The number of anilines is 1. The highest BCUT2D eigenvalue weighted by atomic mass is 32.2. The van der Waals surface area contributed by atoms with Gasteiger partial charge >= 0.3 is 6.03 Å². The van der Waals surface area contributed by atoms with Crippen molar-refractivity contribution in [2.24, 2.45) is 0 Å². The molecule has 0 radical (unpaired) electrons. The van der Waals surface area contributed by atoms with E-state index in [9.17, 15) is 14.4 Å². The Morgan fingerprint density at radius 2 is 2.26 bits per heavy atom. The van der Waals surface area contributed by atoms with E-state index >= 15 is 0 Å². The second-order valence-electron chi connectivity index (χ2n) is 3.57. The molecule has 0 saturated heterocycles. The maximum absolute atomic E-state index is 11.4. The minimum absolute atomic E-state index is 0.0497. The second-order valence-corrected chi connectivity index (χ2v) is 4.53. The van der Waals surface area contributed by atoms with E-state index in [1.165, 1.54) is 0 Å². The molecule has 0 fully saturated rings. The number of aromatic nitrogens is 2. The summed E-state index contributed by atoms with van der Waals surface area (Å²) in [6.45, 7) is 2.40. The number of rotatable bonds is 5. The number of hydrogen-bond donors (Lipinski definition) is 4. The summed E-state index contributed by atoms with van der Waals surface area (Å²) >= 11 is 0.984. The van der Waals surface area contributed by atoms with Crippen molar-refractivity contribution >= 4 is 29.5 Å². The number of urea groups is 1. The van der Waals surface area contributed by atoms with E-state index in [0.717, 1.165) is 24.2 Å². The van der Waals surface area contributed by atoms with Gasteiger partial charge in [-0.2, -0.15) is 0 Å². The highest BCUT2D eigenvalue weighted by Gasteiger charge is 2.08. The molecule has 0 aliphatic rings. The number of H-pyrrole nitrogens is 1. The lowest BCUT2D eigenvalue weighted by atomic mass is 10.5. The number of carbonyl (C=O) groups is 2. The number of amides is 3. The number of aromatic amines is 1. The predicted molar refractivity (Wildman–Crippen MR) is 71.8 cm³/mol. The normalized spacial score (nSPS) is 9.95. The third-order valence-corrected chi connectivity index (χ3v) is 2.74. The molecule has 104 valence electrons. The number of imide groups is 1. The van der Waals surface area contributed by atoms with Crippen LogP contribution in [0.3, 0.4) is 0 Å². The van der Waals surface area contributed by atoms with Crippen LogP contribution in [0, 0.1) is 0 Å². The molecule has 1 aromatic heterocycles. The van der Waals surface area contributed by atoms with Gasteiger partial charge in [-0.1, -0.05) is 18.7 Å². The predicted octanol–water partition coefficient (Wildman–Crippen LogP) is -0.320. The first-order chi connectivity index (χ1) is 9.01. The van der Waals surface area contributed by atoms with E-state index < -0.39 is 17.5 Å². The van der Waals surface area contributed by atoms with Gasteiger partial charge in [0.15, 0.2) is 5.16 Å². The topological polar surface area (TPSA) is 130 Å². The number of nitrogens with one attached hydrogen (secondary N) is 3. The fourth-order valence-corrected chi connectivity index (χ4v) is 1.78. The first kappa shape index (κ1) is 15.0. The van der Waals surface area contributed by atoms with Gasteiger partial charge in [-0.15, -0.1) is 0 Å². The molecule has 3 amide bonds. The third-order valence-electron chi connectivity index (χ3n) is 1.87. The summed E-state index contributed by atoms with van der Waals surface area (Å²) in [4.78, 5) is 40.0. The average Bonchev–Trinajstić information content (AvgIpc) is 2.33. The summed E-state index contributed by atoms with van der Waals surface area (Å²) in [7, 11) is 0. The lowest BCUT2D eigenvalue weighted by molar-refractivity contribution is -0.117. The van der Waals surface area contributed by atoms with E-state index in [1.807, 2.05) is 6.92 Å². The van der Waals surface area contributed by atoms with Gasteiger partial charge in [-0.05, 0) is 6.42 Å². The van der Waals surface area contributed by atoms with Crippen molar-refractivity contribution in [1.82, 2.24) is 20.6 Å². The zero-order chi connectivity index (χ0) is 14.3. The summed E-state index contributed by atoms with van der Waals surface area (Å²) in [6.07, 6.45) is 0.783. The Kier molecular flexibility index (Phi) is 5.86. The second kappa shape index (κ2) is 7.41. The Morgan fingerprint density at radius 3 is 2.89 bits per heavy atom. The molecule has 1 aromatic rings. The van der Waals surface area contributed by atoms with Crippen molar-refractivity contribution in [3.8, 4) is 0 Å². The van der Waals surface area contributed by atoms with Crippen molar-refractivity contribution in [2.75, 3.05) is 18.0 Å². The number of nitrogens with two attached hydrogens (primary N) is 1. The number of hydrogen-bond acceptors (Lipinski definition) is 6. The Hall–Kier alpha value is -2.03. The van der Waals surface area contributed by atoms with Gasteiger partial charge in [-0.3, -0.25) is 14.9 Å². The smallest absolute Gasteiger partial charge is 0.321 e. The van der Waals surface area contributed by atoms with Crippen LogP contribution in [0.2, 0.25) is 0 Å². The van der Waals surface area contributed by atoms with Crippen LogP contribution in [0.15, 0.2) is 16.0 Å². The van der Waals surface area contributed by atoms with Crippen molar-refractivity contribution in [3.63, 3.8) is 0 Å². The summed E-state index contributed by atoms with van der Waals surface area (Å²) in [5.74, 6) is -0.456. The number of thioether (sulfide) groups is 1. The summed E-state index contributed by atoms with van der Waals surface area (Å²) in [6, 6.07) is 0.601. The fourth-order valence-electron chi connectivity index (χ4n) is 1.10. The summed E-state index contributed by atoms with van der Waals surface area (Å²) < 4.78 is 0. The van der Waals surface area contributed by atoms with E-state index in [4.69, 9.17) is 5.73 Å². The maximum Gasteiger partial charge on any atom is 0.321 e. The van der Waals surface area contributed by atoms with Crippen molar-refractivity contribution < 1.29 is 9.59 Å². The molecule has 0 aromatic carbocycles. The van der Waals surface area contributed by atoms with Gasteiger partial charge in [0, 0.05) is 12.6 Å². The van der Waals surface area contributed by atoms with Crippen LogP contribution in [0.5, 0.6) is 0 Å². The van der Waals surface area contributed by atoms with E-state index in [0.29, 0.717) is 6.54 Å². The van der Waals surface area contributed by atoms with Crippen LogP contribution in [-0.2, 0) is 4.79 Å². The molecule has 0 saturated carbocycles. The molecule has 0 atom stereocenters. The summed E-state index contributed by atoms with van der Waals surface area (Å²) in [5.41, 5.74) is 5.00. The Balaban J connectivity index is 2.41. The molecule has 1 heterocycles. The Morgan fingerprint density at radius 1 is 1.53 bits per heavy atom. The van der Waals surface area contributed by atoms with Gasteiger partial charge in [0.2, 0.25) is 5.91 Å². The average molecular weight is 285 g/mol. The highest BCUT2D eigenvalue weighted by molar-refractivity contribution is 7.99. The number of carbonyl (C=O) groups excluding carboxylic acids is 2. The zero-order valence-corrected chi connectivity index (χ0v) is 11.2. The minimum atomic E-state index is -0.540. The lowest BCUT2D eigenvalue weighted by Gasteiger charge is -2.05. The van der Waals surface area contributed by atoms with E-state index in [2.05, 4.69) is 20.6 Å². The molecule has 19 heavy (non-hydrogen) atoms.